The average Bonchev–Trinajstić information content (AvgIpc) is 2.59. The number of carbonyl (C=O) groups excluding carboxylic acids is 1. The van der Waals surface area contributed by atoms with Crippen molar-refractivity contribution in [3.05, 3.63) is 0 Å². The number of likely N-dealkylation sites (tertiary alicyclic amines) is 1. The van der Waals surface area contributed by atoms with Crippen LogP contribution < -0.4 is 4.72 Å². The third-order valence-electron chi connectivity index (χ3n) is 6.48. The van der Waals surface area contributed by atoms with E-state index in [9.17, 15) is 4.79 Å². The number of ether oxygens (including phenoxy) is 2. The van der Waals surface area contributed by atoms with E-state index in [-0.39, 0.29) is 17.9 Å². The molecule has 150 valence electrons. The molecule has 6 heteroatoms. The number of hydrogen-bond acceptors (Lipinski definition) is 5. The molecule has 3 aliphatic rings. The molecule has 1 saturated carbocycles. The summed E-state index contributed by atoms with van der Waals surface area (Å²) in [5, 5.41) is 0. The van der Waals surface area contributed by atoms with Gasteiger partial charge >= 0.3 is 0 Å². The van der Waals surface area contributed by atoms with Crippen LogP contribution in [0.15, 0.2) is 0 Å². The summed E-state index contributed by atoms with van der Waals surface area (Å²) < 4.78 is 15.1. The number of rotatable bonds is 7. The Morgan fingerprint density at radius 1 is 1.23 bits per heavy atom. The van der Waals surface area contributed by atoms with Crippen molar-refractivity contribution in [2.45, 2.75) is 70.6 Å². The Morgan fingerprint density at radius 3 is 2.54 bits per heavy atom. The second-order valence-electron chi connectivity index (χ2n) is 8.52. The molecule has 3 fully saturated rings. The molecule has 2 aliphatic heterocycles. The predicted molar refractivity (Wildman–Crippen MR) is 106 cm³/mol. The smallest absolute Gasteiger partial charge is 0.230 e. The minimum Gasteiger partial charge on any atom is -0.380 e. The van der Waals surface area contributed by atoms with Crippen LogP contribution >= 0.6 is 11.9 Å². The molecule has 0 radical (unpaired) electrons. The number of piperidine rings is 1. The Balaban J connectivity index is 1.56. The maximum atomic E-state index is 12.9. The van der Waals surface area contributed by atoms with Crippen molar-refractivity contribution < 1.29 is 14.3 Å². The van der Waals surface area contributed by atoms with Crippen LogP contribution in [0, 0.1) is 17.8 Å². The molecule has 0 aromatic rings. The van der Waals surface area contributed by atoms with Gasteiger partial charge in [-0.3, -0.25) is 9.52 Å². The second kappa shape index (κ2) is 9.76. The Morgan fingerprint density at radius 2 is 1.96 bits per heavy atom. The van der Waals surface area contributed by atoms with Crippen molar-refractivity contribution in [1.82, 2.24) is 9.62 Å². The first-order valence-electron chi connectivity index (χ1n) is 10.4. The number of nitrogens with one attached hydrogen (secondary N) is 1. The maximum absolute atomic E-state index is 12.9. The quantitative estimate of drug-likeness (QED) is 0.684. The van der Waals surface area contributed by atoms with Gasteiger partial charge in [-0.25, -0.2) is 0 Å². The van der Waals surface area contributed by atoms with Crippen molar-refractivity contribution in [3.63, 3.8) is 0 Å². The highest BCUT2D eigenvalue weighted by atomic mass is 32.2. The summed E-state index contributed by atoms with van der Waals surface area (Å²) >= 11 is 1.65. The first-order valence-corrected chi connectivity index (χ1v) is 11.6. The highest BCUT2D eigenvalue weighted by Crippen LogP contribution is 2.32. The van der Waals surface area contributed by atoms with Gasteiger partial charge in [0.15, 0.2) is 0 Å². The van der Waals surface area contributed by atoms with Crippen LogP contribution in [-0.2, 0) is 14.3 Å². The molecular formula is C20H36N2O3S. The molecule has 0 aromatic heterocycles. The van der Waals surface area contributed by atoms with Crippen LogP contribution in [0.4, 0.5) is 0 Å². The molecule has 2 saturated heterocycles. The minimum atomic E-state index is 0.0620. The molecule has 0 spiro atoms. The van der Waals surface area contributed by atoms with Gasteiger partial charge in [-0.1, -0.05) is 25.8 Å². The first kappa shape index (κ1) is 20.4. The van der Waals surface area contributed by atoms with Gasteiger partial charge in [-0.2, -0.15) is 0 Å². The Bertz CT molecular complexity index is 448. The summed E-state index contributed by atoms with van der Waals surface area (Å²) in [4.78, 5) is 15.0. The largest absolute Gasteiger partial charge is 0.380 e. The molecule has 26 heavy (non-hydrogen) atoms. The summed E-state index contributed by atoms with van der Waals surface area (Å²) in [7, 11) is 0. The fourth-order valence-corrected chi connectivity index (χ4v) is 5.17. The standard InChI is InChI=1S/C20H36N2O3S/c1-14(2)15-6-8-17(9-7-15)25-13-19-18(21-26-3)5-4-10-22(19)20(23)16-11-24-12-16/h14-19,21H,4-13H2,1-3H3. The first-order chi connectivity index (χ1) is 12.6. The summed E-state index contributed by atoms with van der Waals surface area (Å²) in [6, 6.07) is 0.461. The van der Waals surface area contributed by atoms with Crippen molar-refractivity contribution in [2.24, 2.45) is 17.8 Å². The molecule has 0 bridgehead atoms. The van der Waals surface area contributed by atoms with Gasteiger partial charge in [0.1, 0.15) is 0 Å². The molecule has 2 atom stereocenters. The number of nitrogens with zero attached hydrogens (tertiary/aromatic N) is 1. The molecular weight excluding hydrogens is 348 g/mol. The van der Waals surface area contributed by atoms with Gasteiger partial charge in [-0.05, 0) is 56.6 Å². The Kier molecular flexibility index (Phi) is 7.67. The van der Waals surface area contributed by atoms with E-state index in [1.54, 1.807) is 11.9 Å². The molecule has 2 unspecified atom stereocenters. The molecule has 1 amide bonds. The van der Waals surface area contributed by atoms with Gasteiger partial charge < -0.3 is 14.4 Å². The fraction of sp³-hybridized carbons (Fsp3) is 0.950. The normalized spacial score (nSPS) is 33.3. The summed E-state index contributed by atoms with van der Waals surface area (Å²) in [6.45, 7) is 7.36. The van der Waals surface area contributed by atoms with E-state index in [1.165, 1.54) is 25.7 Å². The van der Waals surface area contributed by atoms with Crippen molar-refractivity contribution in [2.75, 3.05) is 32.6 Å². The molecule has 2 heterocycles. The third kappa shape index (κ3) is 4.94. The van der Waals surface area contributed by atoms with E-state index >= 15 is 0 Å². The number of carbonyl (C=O) groups is 1. The zero-order valence-electron chi connectivity index (χ0n) is 16.6. The van der Waals surface area contributed by atoms with Crippen LogP contribution in [-0.4, -0.2) is 61.6 Å². The molecule has 3 rings (SSSR count). The zero-order chi connectivity index (χ0) is 18.5. The van der Waals surface area contributed by atoms with E-state index in [0.717, 1.165) is 31.2 Å². The highest BCUT2D eigenvalue weighted by Gasteiger charge is 2.39. The monoisotopic (exact) mass is 384 g/mol. The lowest BCUT2D eigenvalue weighted by molar-refractivity contribution is -0.157. The lowest BCUT2D eigenvalue weighted by Gasteiger charge is -2.44. The van der Waals surface area contributed by atoms with Crippen LogP contribution in [0.25, 0.3) is 0 Å². The predicted octanol–water partition coefficient (Wildman–Crippen LogP) is 3.09. The lowest BCUT2D eigenvalue weighted by Crippen LogP contribution is -2.59. The van der Waals surface area contributed by atoms with E-state index < -0.39 is 0 Å². The van der Waals surface area contributed by atoms with E-state index in [1.807, 2.05) is 0 Å². The number of hydrogen-bond donors (Lipinski definition) is 1. The third-order valence-corrected chi connectivity index (χ3v) is 7.02. The average molecular weight is 385 g/mol. The lowest BCUT2D eigenvalue weighted by atomic mass is 9.80. The molecule has 1 aliphatic carbocycles. The van der Waals surface area contributed by atoms with E-state index in [2.05, 4.69) is 29.7 Å². The fourth-order valence-electron chi connectivity index (χ4n) is 4.59. The molecule has 1 N–H and O–H groups in total. The SMILES string of the molecule is CSNC1CCCN(C(=O)C2COC2)C1COC1CCC(C(C)C)CC1. The molecule has 0 aromatic carbocycles. The summed E-state index contributed by atoms with van der Waals surface area (Å²) in [6.07, 6.45) is 9.49. The Labute approximate surface area is 163 Å². The van der Waals surface area contributed by atoms with Gasteiger partial charge in [0.05, 0.1) is 37.9 Å². The van der Waals surface area contributed by atoms with Gasteiger partial charge in [0, 0.05) is 12.6 Å². The van der Waals surface area contributed by atoms with E-state index in [0.29, 0.717) is 32.0 Å². The van der Waals surface area contributed by atoms with Crippen molar-refractivity contribution in [3.8, 4) is 0 Å². The van der Waals surface area contributed by atoms with Gasteiger partial charge in [0.2, 0.25) is 5.91 Å². The number of amides is 1. The van der Waals surface area contributed by atoms with Gasteiger partial charge in [0.25, 0.3) is 0 Å². The minimum absolute atomic E-state index is 0.0620. The Hall–Kier alpha value is -0.300. The van der Waals surface area contributed by atoms with Gasteiger partial charge in [-0.15, -0.1) is 0 Å². The van der Waals surface area contributed by atoms with Crippen molar-refractivity contribution in [1.29, 1.82) is 0 Å². The van der Waals surface area contributed by atoms with Crippen LogP contribution in [0.1, 0.15) is 52.4 Å². The maximum Gasteiger partial charge on any atom is 0.230 e. The van der Waals surface area contributed by atoms with Crippen molar-refractivity contribution >= 4 is 17.9 Å². The van der Waals surface area contributed by atoms with Crippen LogP contribution in [0.3, 0.4) is 0 Å². The second-order valence-corrected chi connectivity index (χ2v) is 9.16. The van der Waals surface area contributed by atoms with E-state index in [4.69, 9.17) is 9.47 Å². The van der Waals surface area contributed by atoms with Crippen LogP contribution in [0.2, 0.25) is 0 Å². The molecule has 5 nitrogen and oxygen atoms in total. The topological polar surface area (TPSA) is 50.8 Å². The highest BCUT2D eigenvalue weighted by molar-refractivity contribution is 7.96. The van der Waals surface area contributed by atoms with Crippen LogP contribution in [0.5, 0.6) is 0 Å². The zero-order valence-corrected chi connectivity index (χ0v) is 17.4. The summed E-state index contributed by atoms with van der Waals surface area (Å²) in [5.41, 5.74) is 0. The summed E-state index contributed by atoms with van der Waals surface area (Å²) in [5.74, 6) is 1.96.